The Kier molecular flexibility index (Phi) is 7.60. The van der Waals surface area contributed by atoms with E-state index in [0.717, 1.165) is 25.3 Å². The van der Waals surface area contributed by atoms with E-state index in [-0.39, 0.29) is 0 Å². The first-order chi connectivity index (χ1) is 9.24. The summed E-state index contributed by atoms with van der Waals surface area (Å²) in [6.07, 6.45) is 3.83. The molecular weight excluding hydrogens is 264 g/mol. The SMILES string of the molecule is O=C(NCCCNCCS)C(=O)Nc1cccnc1. The number of amides is 2. The van der Waals surface area contributed by atoms with Gasteiger partial charge in [0, 0.05) is 25.0 Å². The van der Waals surface area contributed by atoms with Crippen molar-refractivity contribution in [3.8, 4) is 0 Å². The van der Waals surface area contributed by atoms with E-state index in [0.29, 0.717) is 12.2 Å². The normalized spacial score (nSPS) is 9.95. The third-order valence-corrected chi connectivity index (χ3v) is 2.45. The summed E-state index contributed by atoms with van der Waals surface area (Å²) in [6.45, 7) is 2.07. The number of pyridine rings is 1. The van der Waals surface area contributed by atoms with Gasteiger partial charge in [-0.05, 0) is 25.1 Å². The second kappa shape index (κ2) is 9.35. The molecule has 0 aliphatic rings. The van der Waals surface area contributed by atoms with Crippen molar-refractivity contribution in [2.75, 3.05) is 30.7 Å². The molecule has 0 bridgehead atoms. The van der Waals surface area contributed by atoms with Crippen LogP contribution in [0.25, 0.3) is 0 Å². The fourth-order valence-electron chi connectivity index (χ4n) is 1.32. The van der Waals surface area contributed by atoms with E-state index in [9.17, 15) is 9.59 Å². The molecule has 3 N–H and O–H groups in total. The Labute approximate surface area is 117 Å². The third kappa shape index (κ3) is 6.78. The quantitative estimate of drug-likeness (QED) is 0.323. The standard InChI is InChI=1S/C12H18N4O2S/c17-11(15-6-2-5-13-7-8-19)12(18)16-10-3-1-4-14-9-10/h1,3-4,9,13,19H,2,5-8H2,(H,15,17)(H,16,18). The third-order valence-electron chi connectivity index (χ3n) is 2.23. The number of aromatic nitrogens is 1. The summed E-state index contributed by atoms with van der Waals surface area (Å²) in [5, 5.41) is 8.15. The van der Waals surface area contributed by atoms with Gasteiger partial charge in [0.25, 0.3) is 0 Å². The Hall–Kier alpha value is -1.60. The Morgan fingerprint density at radius 3 is 2.74 bits per heavy atom. The van der Waals surface area contributed by atoms with E-state index < -0.39 is 11.8 Å². The van der Waals surface area contributed by atoms with E-state index >= 15 is 0 Å². The minimum Gasteiger partial charge on any atom is -0.348 e. The molecule has 0 aromatic carbocycles. The van der Waals surface area contributed by atoms with Gasteiger partial charge in [0.2, 0.25) is 0 Å². The minimum atomic E-state index is -0.684. The molecule has 0 saturated heterocycles. The summed E-state index contributed by atoms with van der Waals surface area (Å²) < 4.78 is 0. The van der Waals surface area contributed by atoms with Gasteiger partial charge in [0.15, 0.2) is 0 Å². The first-order valence-corrected chi connectivity index (χ1v) is 6.68. The highest BCUT2D eigenvalue weighted by atomic mass is 32.1. The fraction of sp³-hybridized carbons (Fsp3) is 0.417. The lowest BCUT2D eigenvalue weighted by molar-refractivity contribution is -0.136. The highest BCUT2D eigenvalue weighted by Crippen LogP contribution is 2.01. The summed E-state index contributed by atoms with van der Waals surface area (Å²) >= 11 is 4.06. The second-order valence-corrected chi connectivity index (χ2v) is 4.23. The summed E-state index contributed by atoms with van der Waals surface area (Å²) in [4.78, 5) is 26.8. The summed E-state index contributed by atoms with van der Waals surface area (Å²) in [5.74, 6) is -0.547. The maximum atomic E-state index is 11.5. The molecule has 0 radical (unpaired) electrons. The minimum absolute atomic E-state index is 0.457. The monoisotopic (exact) mass is 282 g/mol. The van der Waals surface area contributed by atoms with Gasteiger partial charge in [-0.15, -0.1) is 0 Å². The number of carbonyl (C=O) groups excluding carboxylic acids is 2. The largest absolute Gasteiger partial charge is 0.348 e. The van der Waals surface area contributed by atoms with E-state index in [4.69, 9.17) is 0 Å². The predicted octanol–water partition coefficient (Wildman–Crippen LogP) is 0.0458. The van der Waals surface area contributed by atoms with Gasteiger partial charge >= 0.3 is 11.8 Å². The van der Waals surface area contributed by atoms with Gasteiger partial charge in [0.05, 0.1) is 11.9 Å². The van der Waals surface area contributed by atoms with Crippen LogP contribution in [0.3, 0.4) is 0 Å². The van der Waals surface area contributed by atoms with E-state index in [1.165, 1.54) is 6.20 Å². The summed E-state index contributed by atoms with van der Waals surface area (Å²) in [7, 11) is 0. The first kappa shape index (κ1) is 15.5. The number of hydrogen-bond donors (Lipinski definition) is 4. The van der Waals surface area contributed by atoms with Crippen LogP contribution in [0.2, 0.25) is 0 Å². The highest BCUT2D eigenvalue weighted by molar-refractivity contribution is 7.80. The summed E-state index contributed by atoms with van der Waals surface area (Å²) in [6, 6.07) is 3.35. The van der Waals surface area contributed by atoms with E-state index in [1.807, 2.05) is 0 Å². The van der Waals surface area contributed by atoms with Crippen molar-refractivity contribution in [3.63, 3.8) is 0 Å². The number of nitrogens with one attached hydrogen (secondary N) is 3. The van der Waals surface area contributed by atoms with Gasteiger partial charge in [-0.25, -0.2) is 0 Å². The van der Waals surface area contributed by atoms with Crippen molar-refractivity contribution in [1.29, 1.82) is 0 Å². The van der Waals surface area contributed by atoms with Crippen molar-refractivity contribution in [2.24, 2.45) is 0 Å². The molecule has 1 rings (SSSR count). The van der Waals surface area contributed by atoms with Crippen LogP contribution in [0.4, 0.5) is 5.69 Å². The Balaban J connectivity index is 2.17. The maximum Gasteiger partial charge on any atom is 0.313 e. The molecular formula is C12H18N4O2S. The van der Waals surface area contributed by atoms with Crippen LogP contribution in [-0.2, 0) is 9.59 Å². The molecule has 0 unspecified atom stereocenters. The van der Waals surface area contributed by atoms with Gasteiger partial charge in [-0.2, -0.15) is 12.6 Å². The average molecular weight is 282 g/mol. The van der Waals surface area contributed by atoms with E-state index in [2.05, 4.69) is 33.6 Å². The molecule has 2 amide bonds. The molecule has 0 spiro atoms. The van der Waals surface area contributed by atoms with Crippen LogP contribution in [0.15, 0.2) is 24.5 Å². The molecule has 1 heterocycles. The molecule has 6 nitrogen and oxygen atoms in total. The molecule has 0 aliphatic heterocycles. The van der Waals surface area contributed by atoms with Crippen LogP contribution in [0.5, 0.6) is 0 Å². The molecule has 0 saturated carbocycles. The Morgan fingerprint density at radius 1 is 1.21 bits per heavy atom. The van der Waals surface area contributed by atoms with Crippen LogP contribution in [-0.4, -0.2) is 42.2 Å². The number of anilines is 1. The van der Waals surface area contributed by atoms with Crippen molar-refractivity contribution in [3.05, 3.63) is 24.5 Å². The van der Waals surface area contributed by atoms with Crippen LogP contribution < -0.4 is 16.0 Å². The van der Waals surface area contributed by atoms with Crippen molar-refractivity contribution in [1.82, 2.24) is 15.6 Å². The maximum absolute atomic E-state index is 11.5. The van der Waals surface area contributed by atoms with E-state index in [1.54, 1.807) is 18.3 Å². The van der Waals surface area contributed by atoms with Crippen molar-refractivity contribution < 1.29 is 9.59 Å². The number of hydrogen-bond acceptors (Lipinski definition) is 5. The Bertz CT molecular complexity index is 400. The average Bonchev–Trinajstić information content (AvgIpc) is 2.43. The Morgan fingerprint density at radius 2 is 2.05 bits per heavy atom. The number of nitrogens with zero attached hydrogens (tertiary/aromatic N) is 1. The molecule has 0 atom stereocenters. The molecule has 7 heteroatoms. The summed E-state index contributed by atoms with van der Waals surface area (Å²) in [5.41, 5.74) is 0.498. The van der Waals surface area contributed by atoms with Gasteiger partial charge < -0.3 is 16.0 Å². The topological polar surface area (TPSA) is 83.1 Å². The molecule has 19 heavy (non-hydrogen) atoms. The van der Waals surface area contributed by atoms with Crippen LogP contribution >= 0.6 is 12.6 Å². The van der Waals surface area contributed by atoms with Gasteiger partial charge in [0.1, 0.15) is 0 Å². The smallest absolute Gasteiger partial charge is 0.313 e. The number of rotatable bonds is 7. The lowest BCUT2D eigenvalue weighted by Gasteiger charge is -2.06. The lowest BCUT2D eigenvalue weighted by Crippen LogP contribution is -2.36. The predicted molar refractivity (Wildman–Crippen MR) is 77.2 cm³/mol. The van der Waals surface area contributed by atoms with Gasteiger partial charge in [-0.1, -0.05) is 0 Å². The highest BCUT2D eigenvalue weighted by Gasteiger charge is 2.12. The molecule has 0 aliphatic carbocycles. The van der Waals surface area contributed by atoms with Crippen molar-refractivity contribution >= 4 is 30.1 Å². The number of thiol groups is 1. The van der Waals surface area contributed by atoms with Gasteiger partial charge in [-0.3, -0.25) is 14.6 Å². The van der Waals surface area contributed by atoms with Crippen LogP contribution in [0, 0.1) is 0 Å². The first-order valence-electron chi connectivity index (χ1n) is 6.05. The molecule has 0 fully saturated rings. The zero-order chi connectivity index (χ0) is 13.9. The molecule has 104 valence electrons. The fourth-order valence-corrected chi connectivity index (χ4v) is 1.48. The van der Waals surface area contributed by atoms with Crippen LogP contribution in [0.1, 0.15) is 6.42 Å². The molecule has 1 aromatic rings. The zero-order valence-electron chi connectivity index (χ0n) is 10.6. The second-order valence-electron chi connectivity index (χ2n) is 3.78. The lowest BCUT2D eigenvalue weighted by atomic mass is 10.4. The van der Waals surface area contributed by atoms with Crippen molar-refractivity contribution in [2.45, 2.75) is 6.42 Å². The molecule has 1 aromatic heterocycles. The zero-order valence-corrected chi connectivity index (χ0v) is 11.5. The number of carbonyl (C=O) groups is 2.